The van der Waals surface area contributed by atoms with Crippen molar-refractivity contribution >= 4 is 39.6 Å². The van der Waals surface area contributed by atoms with Crippen molar-refractivity contribution in [3.8, 4) is 10.9 Å². The zero-order valence-electron chi connectivity index (χ0n) is 15.1. The fraction of sp³-hybridized carbons (Fsp3) is 0.211. The number of esters is 1. The monoisotopic (exact) mass is 402 g/mol. The van der Waals surface area contributed by atoms with E-state index >= 15 is 0 Å². The molecule has 1 aromatic carbocycles. The number of nitrogens with one attached hydrogen (secondary N) is 1. The number of carbonyl (C=O) groups excluding carboxylic acids is 2. The number of rotatable bonds is 6. The minimum atomic E-state index is -0.429. The lowest BCUT2D eigenvalue weighted by Gasteiger charge is -2.08. The third-order valence-corrected chi connectivity index (χ3v) is 5.59. The van der Waals surface area contributed by atoms with Crippen LogP contribution in [0.25, 0.3) is 0 Å². The average Bonchev–Trinajstić information content (AvgIpc) is 3.24. The summed E-state index contributed by atoms with van der Waals surface area (Å²) >= 11 is 2.75. The lowest BCUT2D eigenvalue weighted by molar-refractivity contribution is 0.0527. The Morgan fingerprint density at radius 3 is 2.56 bits per heavy atom. The number of thiophene rings is 1. The lowest BCUT2D eigenvalue weighted by atomic mass is 10.1. The molecule has 0 saturated carbocycles. The number of hydrogen-bond donors (Lipinski definition) is 1. The Morgan fingerprint density at radius 1 is 1.19 bits per heavy atom. The highest BCUT2D eigenvalue weighted by Gasteiger charge is 2.22. The topological polar surface area (TPSA) is 77.5 Å². The van der Waals surface area contributed by atoms with Crippen molar-refractivity contribution in [2.45, 2.75) is 20.8 Å². The molecule has 2 aromatic heterocycles. The van der Waals surface area contributed by atoms with E-state index in [1.165, 1.54) is 22.7 Å². The first-order valence-corrected chi connectivity index (χ1v) is 9.95. The minimum absolute atomic E-state index is 0.279. The molecule has 3 aromatic rings. The maximum atomic E-state index is 12.6. The minimum Gasteiger partial charge on any atom is -0.462 e. The smallest absolute Gasteiger partial charge is 0.341 e. The van der Waals surface area contributed by atoms with Crippen LogP contribution in [-0.2, 0) is 4.74 Å². The zero-order chi connectivity index (χ0) is 19.4. The number of nitrogens with zero attached hydrogens (tertiary/aromatic N) is 1. The number of aromatic nitrogens is 1. The Kier molecular flexibility index (Phi) is 5.88. The van der Waals surface area contributed by atoms with Crippen LogP contribution >= 0.6 is 22.7 Å². The molecule has 0 aliphatic carbocycles. The Bertz CT molecular complexity index is 947. The van der Waals surface area contributed by atoms with Crippen molar-refractivity contribution in [2.24, 2.45) is 0 Å². The van der Waals surface area contributed by atoms with Gasteiger partial charge < -0.3 is 14.8 Å². The highest BCUT2D eigenvalue weighted by Crippen LogP contribution is 2.33. The van der Waals surface area contributed by atoms with Crippen LogP contribution in [0.15, 0.2) is 35.8 Å². The van der Waals surface area contributed by atoms with Gasteiger partial charge in [-0.2, -0.15) is 0 Å². The number of anilines is 1. The Balaban J connectivity index is 1.75. The summed E-state index contributed by atoms with van der Waals surface area (Å²) in [5.41, 5.74) is 1.69. The molecule has 0 unspecified atom stereocenters. The van der Waals surface area contributed by atoms with Gasteiger partial charge in [0, 0.05) is 22.0 Å². The normalized spacial score (nSPS) is 10.5. The molecule has 0 saturated heterocycles. The van der Waals surface area contributed by atoms with Crippen LogP contribution in [-0.4, -0.2) is 23.5 Å². The molecule has 0 radical (unpaired) electrons. The zero-order valence-corrected chi connectivity index (χ0v) is 16.7. The van der Waals surface area contributed by atoms with E-state index in [9.17, 15) is 9.59 Å². The van der Waals surface area contributed by atoms with Crippen LogP contribution in [0.4, 0.5) is 5.00 Å². The summed E-state index contributed by atoms with van der Waals surface area (Å²) in [5, 5.41) is 5.68. The van der Waals surface area contributed by atoms with Crippen molar-refractivity contribution < 1.29 is 19.1 Å². The summed E-state index contributed by atoms with van der Waals surface area (Å²) in [4.78, 5) is 29.8. The molecule has 0 fully saturated rings. The van der Waals surface area contributed by atoms with Crippen molar-refractivity contribution in [2.75, 3.05) is 11.9 Å². The molecule has 0 aliphatic heterocycles. The van der Waals surface area contributed by atoms with Crippen LogP contribution < -0.4 is 10.1 Å². The quantitative estimate of drug-likeness (QED) is 0.584. The van der Waals surface area contributed by atoms with Gasteiger partial charge in [0.25, 0.3) is 11.1 Å². The van der Waals surface area contributed by atoms with Crippen LogP contribution in [0.5, 0.6) is 10.9 Å². The summed E-state index contributed by atoms with van der Waals surface area (Å²) in [7, 11) is 0. The Hall–Kier alpha value is -2.71. The molecule has 6 nitrogen and oxygen atoms in total. The van der Waals surface area contributed by atoms with Gasteiger partial charge in [0.05, 0.1) is 12.2 Å². The van der Waals surface area contributed by atoms with Crippen molar-refractivity contribution in [3.05, 3.63) is 57.4 Å². The Labute approximate surface area is 164 Å². The Morgan fingerprint density at radius 2 is 1.93 bits per heavy atom. The maximum absolute atomic E-state index is 12.6. The summed E-state index contributed by atoms with van der Waals surface area (Å²) in [5.74, 6) is -0.138. The summed E-state index contributed by atoms with van der Waals surface area (Å²) in [6.45, 7) is 5.78. The molecule has 3 rings (SSSR count). The van der Waals surface area contributed by atoms with Crippen LogP contribution in [0.3, 0.4) is 0 Å². The molecule has 1 N–H and O–H groups in total. The fourth-order valence-corrected chi connectivity index (χ4v) is 3.92. The second kappa shape index (κ2) is 8.32. The number of ether oxygens (including phenoxy) is 2. The van der Waals surface area contributed by atoms with E-state index in [0.29, 0.717) is 27.1 Å². The van der Waals surface area contributed by atoms with E-state index < -0.39 is 5.97 Å². The van der Waals surface area contributed by atoms with E-state index in [1.807, 2.05) is 19.2 Å². The number of benzene rings is 1. The van der Waals surface area contributed by atoms with E-state index in [1.54, 1.807) is 37.4 Å². The fourth-order valence-electron chi connectivity index (χ4n) is 2.38. The number of amides is 1. The number of aryl methyl sites for hydroxylation is 1. The van der Waals surface area contributed by atoms with Gasteiger partial charge in [-0.05, 0) is 50.6 Å². The average molecular weight is 402 g/mol. The standard InChI is InChI=1S/C19H18N2O4S2/c1-4-24-18(23)15-11(2)12(3)27-17(15)21-16(22)13-5-7-14(8-6-13)25-19-20-9-10-26-19/h5-10H,4H2,1-3H3,(H,21,22). The molecule has 0 aliphatic rings. The molecule has 1 amide bonds. The third-order valence-electron chi connectivity index (χ3n) is 3.82. The van der Waals surface area contributed by atoms with Gasteiger partial charge in [0.2, 0.25) is 0 Å². The molecule has 27 heavy (non-hydrogen) atoms. The van der Waals surface area contributed by atoms with Crippen molar-refractivity contribution in [1.82, 2.24) is 4.98 Å². The van der Waals surface area contributed by atoms with Gasteiger partial charge in [-0.1, -0.05) is 11.3 Å². The SMILES string of the molecule is CCOC(=O)c1c(NC(=O)c2ccc(Oc3nccs3)cc2)sc(C)c1C. The highest BCUT2D eigenvalue weighted by molar-refractivity contribution is 7.16. The molecular formula is C19H18N2O4S2. The number of carbonyl (C=O) groups is 2. The van der Waals surface area contributed by atoms with Crippen LogP contribution in [0, 0.1) is 13.8 Å². The van der Waals surface area contributed by atoms with Gasteiger partial charge >= 0.3 is 5.97 Å². The van der Waals surface area contributed by atoms with Gasteiger partial charge in [-0.25, -0.2) is 9.78 Å². The first-order valence-electron chi connectivity index (χ1n) is 8.25. The van der Waals surface area contributed by atoms with Crippen LogP contribution in [0.1, 0.15) is 38.1 Å². The van der Waals surface area contributed by atoms with Gasteiger partial charge in [-0.15, -0.1) is 11.3 Å². The summed E-state index contributed by atoms with van der Waals surface area (Å²) in [6.07, 6.45) is 1.66. The second-order valence-electron chi connectivity index (χ2n) is 5.59. The predicted octanol–water partition coefficient (Wildman–Crippen LogP) is 5.04. The largest absolute Gasteiger partial charge is 0.462 e. The molecule has 8 heteroatoms. The van der Waals surface area contributed by atoms with Crippen LogP contribution in [0.2, 0.25) is 0 Å². The van der Waals surface area contributed by atoms with Crippen molar-refractivity contribution in [1.29, 1.82) is 0 Å². The summed E-state index contributed by atoms with van der Waals surface area (Å²) < 4.78 is 10.7. The summed E-state index contributed by atoms with van der Waals surface area (Å²) in [6, 6.07) is 6.73. The van der Waals surface area contributed by atoms with E-state index in [-0.39, 0.29) is 12.5 Å². The second-order valence-corrected chi connectivity index (χ2v) is 7.67. The maximum Gasteiger partial charge on any atom is 0.341 e. The van der Waals surface area contributed by atoms with Crippen molar-refractivity contribution in [3.63, 3.8) is 0 Å². The van der Waals surface area contributed by atoms with Gasteiger partial charge in [-0.3, -0.25) is 4.79 Å². The van der Waals surface area contributed by atoms with E-state index in [4.69, 9.17) is 9.47 Å². The molecule has 140 valence electrons. The number of thiazole rings is 1. The molecule has 0 bridgehead atoms. The molecule has 0 atom stereocenters. The third kappa shape index (κ3) is 4.35. The first kappa shape index (κ1) is 19.1. The lowest BCUT2D eigenvalue weighted by Crippen LogP contribution is -2.14. The molecule has 2 heterocycles. The first-order chi connectivity index (χ1) is 13.0. The molecule has 0 spiro atoms. The van der Waals surface area contributed by atoms with E-state index in [0.717, 1.165) is 10.4 Å². The van der Waals surface area contributed by atoms with E-state index in [2.05, 4.69) is 10.3 Å². The highest BCUT2D eigenvalue weighted by atomic mass is 32.1. The number of hydrogen-bond acceptors (Lipinski definition) is 7. The predicted molar refractivity (Wildman–Crippen MR) is 106 cm³/mol. The molecular weight excluding hydrogens is 384 g/mol. The van der Waals surface area contributed by atoms with Gasteiger partial charge in [0.15, 0.2) is 0 Å². The van der Waals surface area contributed by atoms with Gasteiger partial charge in [0.1, 0.15) is 10.8 Å².